The molecule has 22 heavy (non-hydrogen) atoms. The topological polar surface area (TPSA) is 115 Å². The minimum absolute atomic E-state index is 0.152. The van der Waals surface area contributed by atoms with Gasteiger partial charge in [0.2, 0.25) is 0 Å². The van der Waals surface area contributed by atoms with E-state index in [1.54, 1.807) is 18.2 Å². The molecule has 3 N–H and O–H groups in total. The Morgan fingerprint density at radius 3 is 2.73 bits per heavy atom. The predicted molar refractivity (Wildman–Crippen MR) is 78.3 cm³/mol. The van der Waals surface area contributed by atoms with Gasteiger partial charge in [-0.1, -0.05) is 13.8 Å². The van der Waals surface area contributed by atoms with Crippen LogP contribution in [-0.4, -0.2) is 23.0 Å². The molecule has 0 aliphatic carbocycles. The molecule has 0 aromatic carbocycles. The summed E-state index contributed by atoms with van der Waals surface area (Å²) < 4.78 is 5.06. The first kappa shape index (κ1) is 17.3. The lowest BCUT2D eigenvalue weighted by Crippen LogP contribution is -2.35. The van der Waals surface area contributed by atoms with Gasteiger partial charge < -0.3 is 20.2 Å². The van der Waals surface area contributed by atoms with Crippen molar-refractivity contribution >= 4 is 11.9 Å². The van der Waals surface area contributed by atoms with E-state index in [-0.39, 0.29) is 18.0 Å². The summed E-state index contributed by atoms with van der Waals surface area (Å²) in [4.78, 5) is 22.9. The summed E-state index contributed by atoms with van der Waals surface area (Å²) in [7, 11) is 0. The minimum atomic E-state index is -1.03. The second kappa shape index (κ2) is 8.52. The van der Waals surface area contributed by atoms with Crippen molar-refractivity contribution in [3.8, 4) is 6.07 Å². The van der Waals surface area contributed by atoms with E-state index in [0.29, 0.717) is 12.2 Å². The number of nitrogens with zero attached hydrogens (tertiary/aromatic N) is 1. The molecular weight excluding hydrogens is 286 g/mol. The molecule has 0 fully saturated rings. The number of nitrogens with one attached hydrogen (secondary N) is 2. The fraction of sp³-hybridized carbons (Fsp3) is 0.400. The van der Waals surface area contributed by atoms with Gasteiger partial charge in [-0.2, -0.15) is 5.26 Å². The lowest BCUT2D eigenvalue weighted by molar-refractivity contribution is -0.139. The average Bonchev–Trinajstić information content (AvgIpc) is 2.97. The summed E-state index contributed by atoms with van der Waals surface area (Å²) in [5, 5.41) is 23.2. The maximum Gasteiger partial charge on any atom is 0.326 e. The van der Waals surface area contributed by atoms with E-state index in [1.807, 2.05) is 13.8 Å². The molecule has 7 nitrogen and oxygen atoms in total. The van der Waals surface area contributed by atoms with Crippen LogP contribution < -0.4 is 10.6 Å². The van der Waals surface area contributed by atoms with E-state index in [2.05, 4.69) is 10.6 Å². The van der Waals surface area contributed by atoms with Crippen molar-refractivity contribution in [3.05, 3.63) is 35.9 Å². The number of carbonyl (C=O) groups excluding carboxylic acids is 1. The lowest BCUT2D eigenvalue weighted by atomic mass is 10.0. The summed E-state index contributed by atoms with van der Waals surface area (Å²) in [5.74, 6) is -0.902. The third-order valence-corrected chi connectivity index (χ3v) is 2.80. The number of aliphatic carboxylic acids is 1. The molecule has 0 aliphatic rings. The summed E-state index contributed by atoms with van der Waals surface area (Å²) in [6.45, 7) is 3.93. The van der Waals surface area contributed by atoms with Crippen LogP contribution >= 0.6 is 0 Å². The van der Waals surface area contributed by atoms with Crippen molar-refractivity contribution in [2.24, 2.45) is 5.92 Å². The molecule has 0 saturated carbocycles. The molecule has 1 atom stereocenters. The van der Waals surface area contributed by atoms with E-state index in [0.717, 1.165) is 6.20 Å². The average molecular weight is 305 g/mol. The fourth-order valence-corrected chi connectivity index (χ4v) is 1.72. The van der Waals surface area contributed by atoms with Gasteiger partial charge in [0.15, 0.2) is 0 Å². The molecular formula is C15H19N3O4. The molecule has 1 unspecified atom stereocenters. The van der Waals surface area contributed by atoms with Crippen molar-refractivity contribution in [3.63, 3.8) is 0 Å². The van der Waals surface area contributed by atoms with Crippen molar-refractivity contribution in [1.82, 2.24) is 10.6 Å². The van der Waals surface area contributed by atoms with Crippen LogP contribution in [0.4, 0.5) is 0 Å². The third-order valence-electron chi connectivity index (χ3n) is 2.80. The summed E-state index contributed by atoms with van der Waals surface area (Å²) in [6, 6.07) is 4.28. The highest BCUT2D eigenvalue weighted by Gasteiger charge is 2.18. The Morgan fingerprint density at radius 1 is 1.50 bits per heavy atom. The van der Waals surface area contributed by atoms with Gasteiger partial charge in [-0.05, 0) is 24.5 Å². The van der Waals surface area contributed by atoms with E-state index in [1.165, 1.54) is 6.26 Å². The Bertz CT molecular complexity index is 570. The smallest absolute Gasteiger partial charge is 0.326 e. The van der Waals surface area contributed by atoms with Gasteiger partial charge in [-0.25, -0.2) is 4.79 Å². The molecule has 1 aromatic rings. The monoisotopic (exact) mass is 305 g/mol. The Labute approximate surface area is 128 Å². The van der Waals surface area contributed by atoms with Gasteiger partial charge in [0.25, 0.3) is 5.91 Å². The number of carbonyl (C=O) groups is 2. The van der Waals surface area contributed by atoms with Crippen LogP contribution in [0, 0.1) is 17.2 Å². The van der Waals surface area contributed by atoms with Gasteiger partial charge in [-0.3, -0.25) is 4.79 Å². The van der Waals surface area contributed by atoms with Gasteiger partial charge >= 0.3 is 5.97 Å². The van der Waals surface area contributed by atoms with E-state index < -0.39 is 17.9 Å². The molecule has 0 aliphatic heterocycles. The predicted octanol–water partition coefficient (Wildman–Crippen LogP) is 1.39. The zero-order valence-corrected chi connectivity index (χ0v) is 12.5. The molecule has 0 radical (unpaired) electrons. The lowest BCUT2D eigenvalue weighted by Gasteiger charge is -2.15. The molecule has 1 aromatic heterocycles. The summed E-state index contributed by atoms with van der Waals surface area (Å²) >= 11 is 0. The van der Waals surface area contributed by atoms with Crippen LogP contribution in [0.25, 0.3) is 0 Å². The molecule has 0 saturated heterocycles. The molecule has 118 valence electrons. The van der Waals surface area contributed by atoms with Crippen molar-refractivity contribution in [2.75, 3.05) is 0 Å². The number of hydrogen-bond donors (Lipinski definition) is 3. The van der Waals surface area contributed by atoms with Crippen molar-refractivity contribution in [1.29, 1.82) is 5.26 Å². The maximum atomic E-state index is 11.8. The number of furan rings is 1. The SMILES string of the molecule is CC(C)CC(N/C=C(/C#N)C(=O)NCc1ccco1)C(=O)O. The Balaban J connectivity index is 2.62. The van der Waals surface area contributed by atoms with Crippen LogP contribution in [0.2, 0.25) is 0 Å². The Kier molecular flexibility index (Phi) is 6.70. The van der Waals surface area contributed by atoms with Gasteiger partial charge in [0, 0.05) is 6.20 Å². The van der Waals surface area contributed by atoms with Crippen LogP contribution in [0.5, 0.6) is 0 Å². The first-order chi connectivity index (χ1) is 10.4. The van der Waals surface area contributed by atoms with Crippen LogP contribution in [0.15, 0.2) is 34.6 Å². The quantitative estimate of drug-likeness (QED) is 0.494. The molecule has 1 amide bonds. The third kappa shape index (κ3) is 5.71. The number of carboxylic acids is 1. The first-order valence-electron chi connectivity index (χ1n) is 6.83. The number of hydrogen-bond acceptors (Lipinski definition) is 5. The fourth-order valence-electron chi connectivity index (χ4n) is 1.72. The van der Waals surface area contributed by atoms with Gasteiger partial charge in [0.1, 0.15) is 23.4 Å². The van der Waals surface area contributed by atoms with E-state index >= 15 is 0 Å². The van der Waals surface area contributed by atoms with Crippen molar-refractivity contribution in [2.45, 2.75) is 32.9 Å². The number of amides is 1. The van der Waals surface area contributed by atoms with Crippen LogP contribution in [-0.2, 0) is 16.1 Å². The minimum Gasteiger partial charge on any atom is -0.480 e. The molecule has 1 heterocycles. The number of carboxylic acid groups (broad SMARTS) is 1. The van der Waals surface area contributed by atoms with Gasteiger partial charge in [0.05, 0.1) is 12.8 Å². The Morgan fingerprint density at radius 2 is 2.23 bits per heavy atom. The highest BCUT2D eigenvalue weighted by atomic mass is 16.4. The molecule has 1 rings (SSSR count). The van der Waals surface area contributed by atoms with Gasteiger partial charge in [-0.15, -0.1) is 0 Å². The zero-order valence-electron chi connectivity index (χ0n) is 12.5. The second-order valence-corrected chi connectivity index (χ2v) is 5.12. The molecule has 0 spiro atoms. The van der Waals surface area contributed by atoms with E-state index in [4.69, 9.17) is 14.8 Å². The highest BCUT2D eigenvalue weighted by molar-refractivity contribution is 5.97. The van der Waals surface area contributed by atoms with Crippen molar-refractivity contribution < 1.29 is 19.1 Å². The molecule has 7 heteroatoms. The van der Waals surface area contributed by atoms with E-state index in [9.17, 15) is 9.59 Å². The summed E-state index contributed by atoms with van der Waals surface area (Å²) in [5.41, 5.74) is -0.193. The highest BCUT2D eigenvalue weighted by Crippen LogP contribution is 2.06. The number of nitriles is 1. The van der Waals surface area contributed by atoms with Crippen LogP contribution in [0.1, 0.15) is 26.0 Å². The molecule has 0 bridgehead atoms. The first-order valence-corrected chi connectivity index (χ1v) is 6.83. The van der Waals surface area contributed by atoms with Crippen LogP contribution in [0.3, 0.4) is 0 Å². The zero-order chi connectivity index (χ0) is 16.5. The Hall–Kier alpha value is -2.75. The standard InChI is InChI=1S/C15H19N3O4/c1-10(2)6-13(15(20)21)17-8-11(7-16)14(19)18-9-12-4-3-5-22-12/h3-5,8,10,13,17H,6,9H2,1-2H3,(H,18,19)(H,20,21)/b11-8-. The second-order valence-electron chi connectivity index (χ2n) is 5.12. The number of rotatable bonds is 8. The summed E-state index contributed by atoms with van der Waals surface area (Å²) in [6.07, 6.45) is 3.00. The largest absolute Gasteiger partial charge is 0.480 e. The normalized spacial score (nSPS) is 12.5. The maximum absolute atomic E-state index is 11.8.